The van der Waals surface area contributed by atoms with E-state index < -0.39 is 6.04 Å². The number of hydrogen-bond donors (Lipinski definition) is 1. The molecule has 0 aliphatic carbocycles. The van der Waals surface area contributed by atoms with E-state index >= 15 is 0 Å². The van der Waals surface area contributed by atoms with E-state index in [1.807, 2.05) is 13.8 Å². The second kappa shape index (κ2) is 8.24. The number of halogens is 1. The van der Waals surface area contributed by atoms with Gasteiger partial charge in [-0.1, -0.05) is 37.7 Å². The molecule has 1 unspecified atom stereocenters. The van der Waals surface area contributed by atoms with E-state index in [2.05, 4.69) is 15.5 Å². The average Bonchev–Trinajstić information content (AvgIpc) is 2.91. The van der Waals surface area contributed by atoms with Crippen molar-refractivity contribution in [2.45, 2.75) is 32.0 Å². The Morgan fingerprint density at radius 3 is 2.56 bits per heavy atom. The zero-order chi connectivity index (χ0) is 18.6. The number of nitrogens with one attached hydrogen (secondary N) is 1. The van der Waals surface area contributed by atoms with Gasteiger partial charge in [-0.25, -0.2) is 4.39 Å². The largest absolute Gasteiger partial charge is 0.345 e. The molecule has 0 bridgehead atoms. The minimum absolute atomic E-state index is 0.0222. The van der Waals surface area contributed by atoms with E-state index in [9.17, 15) is 14.0 Å². The fourth-order valence-electron chi connectivity index (χ4n) is 2.40. The van der Waals surface area contributed by atoms with Gasteiger partial charge >= 0.3 is 0 Å². The van der Waals surface area contributed by atoms with Crippen molar-refractivity contribution in [3.05, 3.63) is 30.1 Å². The highest BCUT2D eigenvalue weighted by atomic mass is 32.2. The van der Waals surface area contributed by atoms with Crippen LogP contribution in [0.4, 0.5) is 4.39 Å². The normalized spacial score (nSPS) is 12.2. The van der Waals surface area contributed by atoms with Crippen molar-refractivity contribution >= 4 is 23.5 Å². The number of amides is 1. The summed E-state index contributed by atoms with van der Waals surface area (Å²) < 4.78 is 15.5. The standard InChI is InChI=1S/C17H21FN4O2S/c1-10(2)15(11(3)23)19-14(24)9-25-17-21-20-16(22(17)4)12-7-5-6-8-13(12)18/h5-8,10,15H,9H2,1-4H3,(H,19,24). The predicted molar refractivity (Wildman–Crippen MR) is 94.6 cm³/mol. The summed E-state index contributed by atoms with van der Waals surface area (Å²) in [5, 5.41) is 11.2. The van der Waals surface area contributed by atoms with Gasteiger partial charge in [0.15, 0.2) is 16.8 Å². The van der Waals surface area contributed by atoms with Gasteiger partial charge in [-0.3, -0.25) is 9.59 Å². The van der Waals surface area contributed by atoms with Gasteiger partial charge in [0.1, 0.15) is 5.82 Å². The Balaban J connectivity index is 2.04. The third kappa shape index (κ3) is 4.66. The molecule has 1 atom stereocenters. The van der Waals surface area contributed by atoms with Crippen LogP contribution in [0.2, 0.25) is 0 Å². The molecular weight excluding hydrogens is 343 g/mol. The summed E-state index contributed by atoms with van der Waals surface area (Å²) in [6, 6.07) is 5.82. The summed E-state index contributed by atoms with van der Waals surface area (Å²) in [5.74, 6) is -0.199. The van der Waals surface area contributed by atoms with Gasteiger partial charge in [0.25, 0.3) is 0 Å². The molecule has 1 amide bonds. The molecule has 0 aliphatic heterocycles. The lowest BCUT2D eigenvalue weighted by molar-refractivity contribution is -0.126. The van der Waals surface area contributed by atoms with Gasteiger partial charge in [0.2, 0.25) is 5.91 Å². The summed E-state index contributed by atoms with van der Waals surface area (Å²) in [4.78, 5) is 23.6. The van der Waals surface area contributed by atoms with Gasteiger partial charge in [0, 0.05) is 7.05 Å². The number of rotatable bonds is 7. The number of carbonyl (C=O) groups excluding carboxylic acids is 2. The van der Waals surface area contributed by atoms with Crippen LogP contribution >= 0.6 is 11.8 Å². The van der Waals surface area contributed by atoms with Crippen LogP contribution < -0.4 is 5.32 Å². The first-order valence-electron chi connectivity index (χ1n) is 7.88. The number of ketones is 1. The fourth-order valence-corrected chi connectivity index (χ4v) is 3.12. The van der Waals surface area contributed by atoms with Crippen LogP contribution in [0.3, 0.4) is 0 Å². The average molecular weight is 364 g/mol. The molecule has 6 nitrogen and oxygen atoms in total. The molecule has 0 saturated carbocycles. The maximum Gasteiger partial charge on any atom is 0.231 e. The molecule has 134 valence electrons. The minimum Gasteiger partial charge on any atom is -0.345 e. The first-order chi connectivity index (χ1) is 11.8. The highest BCUT2D eigenvalue weighted by Gasteiger charge is 2.21. The van der Waals surface area contributed by atoms with Crippen molar-refractivity contribution in [1.29, 1.82) is 0 Å². The van der Waals surface area contributed by atoms with Gasteiger partial charge in [-0.2, -0.15) is 0 Å². The molecule has 1 aromatic carbocycles. The van der Waals surface area contributed by atoms with Crippen LogP contribution in [-0.2, 0) is 16.6 Å². The molecule has 2 aromatic rings. The van der Waals surface area contributed by atoms with E-state index in [0.29, 0.717) is 16.5 Å². The smallest absolute Gasteiger partial charge is 0.231 e. The molecule has 0 radical (unpaired) electrons. The first kappa shape index (κ1) is 19.1. The molecule has 1 N–H and O–H groups in total. The predicted octanol–water partition coefficient (Wildman–Crippen LogP) is 2.44. The van der Waals surface area contributed by atoms with Gasteiger partial charge in [0.05, 0.1) is 17.4 Å². The number of aromatic nitrogens is 3. The zero-order valence-electron chi connectivity index (χ0n) is 14.6. The topological polar surface area (TPSA) is 76.9 Å². The second-order valence-electron chi connectivity index (χ2n) is 6.03. The Hall–Kier alpha value is -2.22. The van der Waals surface area contributed by atoms with Crippen LogP contribution in [0.5, 0.6) is 0 Å². The van der Waals surface area contributed by atoms with Gasteiger partial charge < -0.3 is 9.88 Å². The number of hydrogen-bond acceptors (Lipinski definition) is 5. The van der Waals surface area contributed by atoms with Crippen LogP contribution in [0.1, 0.15) is 20.8 Å². The number of Topliss-reactive ketones (excluding diaryl/α,β-unsaturated/α-hetero) is 1. The molecule has 0 spiro atoms. The Morgan fingerprint density at radius 1 is 1.28 bits per heavy atom. The van der Waals surface area contributed by atoms with E-state index in [0.717, 1.165) is 0 Å². The Morgan fingerprint density at radius 2 is 1.96 bits per heavy atom. The maximum atomic E-state index is 13.9. The SMILES string of the molecule is CC(=O)C(NC(=O)CSc1nnc(-c2ccccc2F)n1C)C(C)C. The van der Waals surface area contributed by atoms with Gasteiger partial charge in [-0.05, 0) is 25.0 Å². The van der Waals surface area contributed by atoms with E-state index in [-0.39, 0.29) is 29.2 Å². The van der Waals surface area contributed by atoms with Crippen molar-refractivity contribution in [3.8, 4) is 11.4 Å². The quantitative estimate of drug-likeness (QED) is 0.764. The first-order valence-corrected chi connectivity index (χ1v) is 8.86. The summed E-state index contributed by atoms with van der Waals surface area (Å²) >= 11 is 1.19. The molecule has 2 rings (SSSR count). The van der Waals surface area contributed by atoms with Gasteiger partial charge in [-0.15, -0.1) is 10.2 Å². The fraction of sp³-hybridized carbons (Fsp3) is 0.412. The number of benzene rings is 1. The van der Waals surface area contributed by atoms with Crippen LogP contribution in [0.15, 0.2) is 29.4 Å². The number of thioether (sulfide) groups is 1. The van der Waals surface area contributed by atoms with Crippen LogP contribution in [-0.4, -0.2) is 38.2 Å². The van der Waals surface area contributed by atoms with Crippen LogP contribution in [0.25, 0.3) is 11.4 Å². The number of carbonyl (C=O) groups is 2. The zero-order valence-corrected chi connectivity index (χ0v) is 15.4. The Labute approximate surface area is 150 Å². The lowest BCUT2D eigenvalue weighted by Gasteiger charge is -2.19. The monoisotopic (exact) mass is 364 g/mol. The summed E-state index contributed by atoms with van der Waals surface area (Å²) in [7, 11) is 1.72. The highest BCUT2D eigenvalue weighted by Crippen LogP contribution is 2.24. The molecule has 1 aromatic heterocycles. The molecule has 0 aliphatic rings. The van der Waals surface area contributed by atoms with Crippen molar-refractivity contribution in [1.82, 2.24) is 20.1 Å². The van der Waals surface area contributed by atoms with Crippen molar-refractivity contribution in [2.75, 3.05) is 5.75 Å². The second-order valence-corrected chi connectivity index (χ2v) is 6.98. The van der Waals surface area contributed by atoms with Crippen molar-refractivity contribution < 1.29 is 14.0 Å². The molecule has 1 heterocycles. The summed E-state index contributed by atoms with van der Waals surface area (Å²) in [5.41, 5.74) is 0.352. The summed E-state index contributed by atoms with van der Waals surface area (Å²) in [6.07, 6.45) is 0. The third-order valence-electron chi connectivity index (χ3n) is 3.70. The molecular formula is C17H21FN4O2S. The van der Waals surface area contributed by atoms with E-state index in [4.69, 9.17) is 0 Å². The van der Waals surface area contributed by atoms with E-state index in [1.54, 1.807) is 29.8 Å². The lowest BCUT2D eigenvalue weighted by Crippen LogP contribution is -2.44. The molecule has 25 heavy (non-hydrogen) atoms. The van der Waals surface area contributed by atoms with E-state index in [1.165, 1.54) is 24.8 Å². The Bertz CT molecular complexity index is 776. The van der Waals surface area contributed by atoms with Crippen molar-refractivity contribution in [3.63, 3.8) is 0 Å². The Kier molecular flexibility index (Phi) is 6.30. The lowest BCUT2D eigenvalue weighted by atomic mass is 10.0. The maximum absolute atomic E-state index is 13.9. The minimum atomic E-state index is -0.499. The molecule has 8 heteroatoms. The van der Waals surface area contributed by atoms with Crippen molar-refractivity contribution in [2.24, 2.45) is 13.0 Å². The third-order valence-corrected chi connectivity index (χ3v) is 4.72. The highest BCUT2D eigenvalue weighted by molar-refractivity contribution is 7.99. The van der Waals surface area contributed by atoms with Crippen LogP contribution in [0, 0.1) is 11.7 Å². The number of nitrogens with zero attached hydrogens (tertiary/aromatic N) is 3. The molecule has 0 saturated heterocycles. The molecule has 0 fully saturated rings. The summed E-state index contributed by atoms with van der Waals surface area (Å²) in [6.45, 7) is 5.22.